The Morgan fingerprint density at radius 3 is 2.17 bits per heavy atom. The largest absolute Gasteiger partial charge is 0.473 e. The fourth-order valence-corrected chi connectivity index (χ4v) is 5.09. The van der Waals surface area contributed by atoms with Crippen LogP contribution in [0.15, 0.2) is 71.9 Å². The lowest BCUT2D eigenvalue weighted by molar-refractivity contribution is -0.147. The van der Waals surface area contributed by atoms with Gasteiger partial charge in [-0.1, -0.05) is 88.4 Å². The molecule has 0 aliphatic carbocycles. The zero-order chi connectivity index (χ0) is 30.6. The summed E-state index contributed by atoms with van der Waals surface area (Å²) in [6, 6.07) is 16.8. The number of carbonyl (C=O) groups excluding carboxylic acids is 4. The van der Waals surface area contributed by atoms with Crippen LogP contribution in [0, 0.1) is 11.8 Å². The molecular formula is C33H40N4O5. The predicted molar refractivity (Wildman–Crippen MR) is 161 cm³/mol. The Morgan fingerprint density at radius 1 is 1.00 bits per heavy atom. The van der Waals surface area contributed by atoms with E-state index in [2.05, 4.69) is 10.3 Å². The maximum Gasteiger partial charge on any atom is 0.256 e. The van der Waals surface area contributed by atoms with Crippen molar-refractivity contribution >= 4 is 35.1 Å². The zero-order valence-electron chi connectivity index (χ0n) is 25.2. The lowest BCUT2D eigenvalue weighted by atomic mass is 9.95. The second-order valence-electron chi connectivity index (χ2n) is 12.1. The molecule has 3 amide bonds. The van der Waals surface area contributed by atoms with Gasteiger partial charge in [0.15, 0.2) is 0 Å². The van der Waals surface area contributed by atoms with Crippen LogP contribution >= 0.6 is 0 Å². The molecule has 1 N–H and O–H groups in total. The van der Waals surface area contributed by atoms with Crippen molar-refractivity contribution in [1.29, 1.82) is 0 Å². The van der Waals surface area contributed by atoms with E-state index in [1.807, 2.05) is 88.4 Å². The molecule has 9 heteroatoms. The van der Waals surface area contributed by atoms with Crippen LogP contribution in [0.5, 0.6) is 0 Å². The first-order valence-electron chi connectivity index (χ1n) is 14.4. The highest BCUT2D eigenvalue weighted by atomic mass is 16.5. The minimum atomic E-state index is -0.948. The Morgan fingerprint density at radius 2 is 1.62 bits per heavy atom. The van der Waals surface area contributed by atoms with Crippen LogP contribution in [0.2, 0.25) is 0 Å². The summed E-state index contributed by atoms with van der Waals surface area (Å²) in [5.41, 5.74) is 1.45. The summed E-state index contributed by atoms with van der Waals surface area (Å²) in [5, 5.41) is 2.85. The van der Waals surface area contributed by atoms with Gasteiger partial charge < -0.3 is 15.0 Å². The van der Waals surface area contributed by atoms with Gasteiger partial charge in [0.05, 0.1) is 11.2 Å². The number of hydrogen-bond donors (Lipinski definition) is 1. The van der Waals surface area contributed by atoms with Crippen molar-refractivity contribution in [3.05, 3.63) is 78.0 Å². The first-order chi connectivity index (χ1) is 19.9. The van der Waals surface area contributed by atoms with Crippen molar-refractivity contribution < 1.29 is 23.9 Å². The van der Waals surface area contributed by atoms with Gasteiger partial charge in [-0.3, -0.25) is 24.1 Å². The third-order valence-corrected chi connectivity index (χ3v) is 7.23. The topological polar surface area (TPSA) is 108 Å². The van der Waals surface area contributed by atoms with Gasteiger partial charge >= 0.3 is 0 Å². The van der Waals surface area contributed by atoms with Gasteiger partial charge in [0, 0.05) is 18.5 Å². The van der Waals surface area contributed by atoms with Crippen LogP contribution in [-0.2, 0) is 30.3 Å². The summed E-state index contributed by atoms with van der Waals surface area (Å²) in [5.74, 6) is -1.99. The maximum atomic E-state index is 14.0. The molecule has 42 heavy (non-hydrogen) atoms. The highest BCUT2D eigenvalue weighted by Gasteiger charge is 2.42. The Labute approximate surface area is 247 Å². The Bertz CT molecular complexity index is 1380. The van der Waals surface area contributed by atoms with Gasteiger partial charge in [-0.25, -0.2) is 4.99 Å². The molecular weight excluding hydrogens is 532 g/mol. The molecule has 2 aromatic carbocycles. The molecule has 0 saturated heterocycles. The molecule has 0 radical (unpaired) electrons. The van der Waals surface area contributed by atoms with E-state index in [-0.39, 0.29) is 49.1 Å². The van der Waals surface area contributed by atoms with Gasteiger partial charge in [0.2, 0.25) is 17.6 Å². The first-order valence-corrected chi connectivity index (χ1v) is 14.4. The number of carbonyl (C=O) groups is 4. The standard InChI is InChI=1S/C33H40N4O5/c1-21(2)28-32(41)36(26(24-15-11-8-12-16-24)18-37(28)31(40)22(3)4)19-27(38)34-25(17-23-13-9-7-10-14-23)29(39)30-35-33(5,6)20-42-30/h7-16,18,21-22,25,28H,17,19-20H2,1-6H3,(H,34,38)/t25-,28-/m0/s1. The van der Waals surface area contributed by atoms with Crippen molar-refractivity contribution in [3.63, 3.8) is 0 Å². The lowest BCUT2D eigenvalue weighted by Crippen LogP contribution is -2.57. The van der Waals surface area contributed by atoms with Crippen LogP contribution in [0.25, 0.3) is 5.70 Å². The molecule has 0 fully saturated rings. The molecule has 2 aromatic rings. The van der Waals surface area contributed by atoms with E-state index in [4.69, 9.17) is 4.74 Å². The smallest absolute Gasteiger partial charge is 0.256 e. The summed E-state index contributed by atoms with van der Waals surface area (Å²) in [4.78, 5) is 61.7. The first kappa shape index (κ1) is 30.7. The number of rotatable bonds is 10. The summed E-state index contributed by atoms with van der Waals surface area (Å²) in [6.45, 7) is 11.0. The van der Waals surface area contributed by atoms with E-state index in [1.54, 1.807) is 20.0 Å². The molecule has 0 bridgehead atoms. The van der Waals surface area contributed by atoms with E-state index < -0.39 is 29.3 Å². The highest BCUT2D eigenvalue weighted by molar-refractivity contribution is 6.39. The molecule has 2 aliphatic heterocycles. The predicted octanol–water partition coefficient (Wildman–Crippen LogP) is 3.84. The number of ketones is 1. The molecule has 0 saturated carbocycles. The van der Waals surface area contributed by atoms with Gasteiger partial charge in [0.25, 0.3) is 11.8 Å². The van der Waals surface area contributed by atoms with E-state index in [0.717, 1.165) is 5.56 Å². The molecule has 4 rings (SSSR count). The van der Waals surface area contributed by atoms with Crippen molar-refractivity contribution in [2.24, 2.45) is 16.8 Å². The molecule has 0 aromatic heterocycles. The number of aliphatic imine (C=N–C) groups is 1. The second kappa shape index (κ2) is 12.7. The van der Waals surface area contributed by atoms with Gasteiger partial charge in [-0.05, 0) is 30.9 Å². The van der Waals surface area contributed by atoms with Crippen LogP contribution in [-0.4, -0.2) is 70.0 Å². The molecule has 2 atom stereocenters. The Hall–Kier alpha value is -4.27. The quantitative estimate of drug-likeness (QED) is 0.466. The Kier molecular flexibility index (Phi) is 9.29. The second-order valence-corrected chi connectivity index (χ2v) is 12.1. The molecule has 2 aliphatic rings. The summed E-state index contributed by atoms with van der Waals surface area (Å²) in [6.07, 6.45) is 1.90. The number of amides is 3. The van der Waals surface area contributed by atoms with Crippen LogP contribution in [0.1, 0.15) is 52.7 Å². The van der Waals surface area contributed by atoms with Crippen LogP contribution in [0.3, 0.4) is 0 Å². The van der Waals surface area contributed by atoms with Crippen molar-refractivity contribution in [2.75, 3.05) is 13.2 Å². The van der Waals surface area contributed by atoms with Crippen molar-refractivity contribution in [1.82, 2.24) is 15.1 Å². The Balaban J connectivity index is 1.66. The van der Waals surface area contributed by atoms with Crippen molar-refractivity contribution in [2.45, 2.75) is 65.6 Å². The maximum absolute atomic E-state index is 14.0. The SMILES string of the molecule is CC(C)C(=O)N1C=C(c2ccccc2)N(CC(=O)N[C@@H](Cc2ccccc2)C(=O)C2=NC(C)(C)CO2)C(=O)[C@@H]1C(C)C. The third kappa shape index (κ3) is 6.95. The lowest BCUT2D eigenvalue weighted by Gasteiger charge is -2.41. The third-order valence-electron chi connectivity index (χ3n) is 7.23. The summed E-state index contributed by atoms with van der Waals surface area (Å²) >= 11 is 0. The number of nitrogens with zero attached hydrogens (tertiary/aromatic N) is 3. The molecule has 0 spiro atoms. The van der Waals surface area contributed by atoms with Gasteiger partial charge in [-0.2, -0.15) is 0 Å². The van der Waals surface area contributed by atoms with E-state index in [1.165, 1.54) is 9.80 Å². The van der Waals surface area contributed by atoms with E-state index in [9.17, 15) is 19.2 Å². The number of benzene rings is 2. The number of nitrogens with one attached hydrogen (secondary N) is 1. The molecule has 222 valence electrons. The van der Waals surface area contributed by atoms with E-state index in [0.29, 0.717) is 11.3 Å². The van der Waals surface area contributed by atoms with Crippen LogP contribution in [0.4, 0.5) is 0 Å². The normalized spacial score (nSPS) is 18.9. The average Bonchev–Trinajstić information content (AvgIpc) is 3.32. The number of Topliss-reactive ketones (excluding diaryl/α,β-unsaturated/α-hetero) is 1. The zero-order valence-corrected chi connectivity index (χ0v) is 25.2. The summed E-state index contributed by atoms with van der Waals surface area (Å²) < 4.78 is 5.60. The van der Waals surface area contributed by atoms with Gasteiger partial charge in [-0.15, -0.1) is 0 Å². The van der Waals surface area contributed by atoms with Crippen molar-refractivity contribution in [3.8, 4) is 0 Å². The van der Waals surface area contributed by atoms with Gasteiger partial charge in [0.1, 0.15) is 25.2 Å². The number of ether oxygens (including phenoxy) is 1. The average molecular weight is 573 g/mol. The highest BCUT2D eigenvalue weighted by Crippen LogP contribution is 2.31. The monoisotopic (exact) mass is 572 g/mol. The number of hydrogen-bond acceptors (Lipinski definition) is 6. The minimum absolute atomic E-state index is 0.0112. The molecule has 2 heterocycles. The van der Waals surface area contributed by atoms with Crippen LogP contribution < -0.4 is 5.32 Å². The fraction of sp³-hybridized carbons (Fsp3) is 0.424. The van der Waals surface area contributed by atoms with E-state index >= 15 is 0 Å². The molecule has 0 unspecified atom stereocenters. The summed E-state index contributed by atoms with van der Waals surface area (Å²) in [7, 11) is 0. The molecule has 9 nitrogen and oxygen atoms in total. The fourth-order valence-electron chi connectivity index (χ4n) is 5.09. The minimum Gasteiger partial charge on any atom is -0.473 e.